The van der Waals surface area contributed by atoms with Gasteiger partial charge in [0.25, 0.3) is 0 Å². The van der Waals surface area contributed by atoms with Crippen molar-refractivity contribution in [2.45, 2.75) is 32.6 Å². The number of aromatic nitrogens is 3. The van der Waals surface area contributed by atoms with Gasteiger partial charge in [0.15, 0.2) is 11.6 Å². The Morgan fingerprint density at radius 2 is 1.95 bits per heavy atom. The average Bonchev–Trinajstić information content (AvgIpc) is 2.78. The maximum absolute atomic E-state index is 10.6. The second kappa shape index (κ2) is 5.86. The number of carboxylic acid groups (broad SMARTS) is 1. The lowest BCUT2D eigenvalue weighted by Crippen LogP contribution is -1.99. The van der Waals surface area contributed by atoms with Crippen LogP contribution in [0.3, 0.4) is 0 Å². The van der Waals surface area contributed by atoms with Gasteiger partial charge in [-0.3, -0.25) is 4.79 Å². The molecule has 1 heterocycles. The van der Waals surface area contributed by atoms with Crippen molar-refractivity contribution in [1.82, 2.24) is 14.8 Å². The Morgan fingerprint density at radius 1 is 1.30 bits per heavy atom. The van der Waals surface area contributed by atoms with Gasteiger partial charge in [-0.1, -0.05) is 38.1 Å². The molecule has 5 heteroatoms. The van der Waals surface area contributed by atoms with Gasteiger partial charge in [0.05, 0.1) is 6.42 Å². The first kappa shape index (κ1) is 14.2. The molecule has 1 aromatic heterocycles. The second-order valence-corrected chi connectivity index (χ2v) is 5.15. The van der Waals surface area contributed by atoms with E-state index >= 15 is 0 Å². The van der Waals surface area contributed by atoms with E-state index in [0.29, 0.717) is 18.2 Å². The summed E-state index contributed by atoms with van der Waals surface area (Å²) in [7, 11) is 1.82. The molecule has 2 rings (SSSR count). The van der Waals surface area contributed by atoms with Crippen LogP contribution in [0, 0.1) is 0 Å². The summed E-state index contributed by atoms with van der Waals surface area (Å²) in [5.74, 6) is 0.994. The number of nitrogens with zero attached hydrogens (tertiary/aromatic N) is 3. The Bertz CT molecular complexity index is 600. The first-order valence-electron chi connectivity index (χ1n) is 6.69. The lowest BCUT2D eigenvalue weighted by atomic mass is 10.0. The van der Waals surface area contributed by atoms with Crippen LogP contribution in [0.15, 0.2) is 24.3 Å². The van der Waals surface area contributed by atoms with Crippen molar-refractivity contribution < 1.29 is 9.90 Å². The highest BCUT2D eigenvalue weighted by molar-refractivity contribution is 5.67. The molecule has 0 aliphatic rings. The average molecular weight is 273 g/mol. The summed E-state index contributed by atoms with van der Waals surface area (Å²) in [5, 5.41) is 12.9. The SMILES string of the molecule is CC(C)c1ccc(-c2nc(CCC(=O)O)nn2C)cc1. The fraction of sp³-hybridized carbons (Fsp3) is 0.400. The number of hydrogen-bond donors (Lipinski definition) is 1. The van der Waals surface area contributed by atoms with E-state index in [0.717, 1.165) is 11.4 Å². The molecule has 0 bridgehead atoms. The normalized spacial score (nSPS) is 11.0. The molecule has 106 valence electrons. The number of benzene rings is 1. The molecule has 1 aromatic carbocycles. The monoisotopic (exact) mass is 273 g/mol. The van der Waals surface area contributed by atoms with Crippen molar-refractivity contribution in [2.75, 3.05) is 0 Å². The van der Waals surface area contributed by atoms with E-state index in [1.807, 2.05) is 19.2 Å². The molecule has 0 spiro atoms. The van der Waals surface area contributed by atoms with Crippen LogP contribution in [-0.2, 0) is 18.3 Å². The van der Waals surface area contributed by atoms with Crippen molar-refractivity contribution in [2.24, 2.45) is 7.05 Å². The molecular weight excluding hydrogens is 254 g/mol. The summed E-state index contributed by atoms with van der Waals surface area (Å²) in [6.45, 7) is 4.31. The largest absolute Gasteiger partial charge is 0.481 e. The minimum absolute atomic E-state index is 0.0513. The third kappa shape index (κ3) is 3.23. The first-order valence-corrected chi connectivity index (χ1v) is 6.69. The van der Waals surface area contributed by atoms with Crippen molar-refractivity contribution >= 4 is 5.97 Å². The van der Waals surface area contributed by atoms with E-state index in [1.54, 1.807) is 4.68 Å². The van der Waals surface area contributed by atoms with Crippen LogP contribution < -0.4 is 0 Å². The molecule has 0 amide bonds. The molecule has 0 saturated heterocycles. The first-order chi connectivity index (χ1) is 9.47. The number of carbonyl (C=O) groups is 1. The Hall–Kier alpha value is -2.17. The fourth-order valence-corrected chi connectivity index (χ4v) is 2.03. The molecule has 0 radical (unpaired) electrons. The number of aliphatic carboxylic acids is 1. The van der Waals surface area contributed by atoms with Crippen LogP contribution in [0.5, 0.6) is 0 Å². The second-order valence-electron chi connectivity index (χ2n) is 5.15. The summed E-state index contributed by atoms with van der Waals surface area (Å²) in [6, 6.07) is 8.23. The molecule has 0 aliphatic carbocycles. The Labute approximate surface area is 118 Å². The third-order valence-electron chi connectivity index (χ3n) is 3.20. The molecule has 0 atom stereocenters. The number of aryl methyl sites for hydroxylation is 2. The van der Waals surface area contributed by atoms with Crippen LogP contribution in [0.25, 0.3) is 11.4 Å². The number of rotatable bonds is 5. The van der Waals surface area contributed by atoms with Crippen molar-refractivity contribution in [1.29, 1.82) is 0 Å². The van der Waals surface area contributed by atoms with E-state index in [4.69, 9.17) is 5.11 Å². The molecular formula is C15H19N3O2. The molecule has 0 saturated carbocycles. The summed E-state index contributed by atoms with van der Waals surface area (Å²) in [6.07, 6.45) is 0.406. The van der Waals surface area contributed by atoms with Gasteiger partial charge in [0.1, 0.15) is 0 Å². The van der Waals surface area contributed by atoms with Crippen molar-refractivity contribution in [3.8, 4) is 11.4 Å². The topological polar surface area (TPSA) is 68.0 Å². The van der Waals surface area contributed by atoms with Crippen LogP contribution in [0.4, 0.5) is 0 Å². The van der Waals surface area contributed by atoms with E-state index in [2.05, 4.69) is 36.1 Å². The predicted molar refractivity (Wildman–Crippen MR) is 76.5 cm³/mol. The quantitative estimate of drug-likeness (QED) is 0.909. The fourth-order valence-electron chi connectivity index (χ4n) is 2.03. The van der Waals surface area contributed by atoms with Gasteiger partial charge in [-0.25, -0.2) is 9.67 Å². The van der Waals surface area contributed by atoms with Crippen molar-refractivity contribution in [3.05, 3.63) is 35.7 Å². The molecule has 0 aliphatic heterocycles. The van der Waals surface area contributed by atoms with Gasteiger partial charge in [-0.15, -0.1) is 0 Å². The molecule has 1 N–H and O–H groups in total. The summed E-state index contributed by atoms with van der Waals surface area (Å²) in [5.41, 5.74) is 2.27. The standard InChI is InChI=1S/C15H19N3O2/c1-10(2)11-4-6-12(7-5-11)15-16-13(17-18(15)3)8-9-14(19)20/h4-7,10H,8-9H2,1-3H3,(H,19,20). The van der Waals surface area contributed by atoms with Crippen LogP contribution in [0.1, 0.15) is 37.6 Å². The Kier molecular flexibility index (Phi) is 4.17. The van der Waals surface area contributed by atoms with E-state index in [9.17, 15) is 4.79 Å². The molecule has 20 heavy (non-hydrogen) atoms. The Balaban J connectivity index is 2.21. The van der Waals surface area contributed by atoms with Gasteiger partial charge in [0, 0.05) is 19.0 Å². The highest BCUT2D eigenvalue weighted by Crippen LogP contribution is 2.21. The lowest BCUT2D eigenvalue weighted by molar-refractivity contribution is -0.137. The maximum Gasteiger partial charge on any atom is 0.303 e. The van der Waals surface area contributed by atoms with Crippen LogP contribution in [0.2, 0.25) is 0 Å². The van der Waals surface area contributed by atoms with Gasteiger partial charge in [0.2, 0.25) is 0 Å². The van der Waals surface area contributed by atoms with Gasteiger partial charge >= 0.3 is 5.97 Å². The zero-order chi connectivity index (χ0) is 14.7. The van der Waals surface area contributed by atoms with E-state index in [1.165, 1.54) is 5.56 Å². The minimum atomic E-state index is -0.833. The molecule has 0 unspecified atom stereocenters. The van der Waals surface area contributed by atoms with Gasteiger partial charge in [-0.05, 0) is 11.5 Å². The Morgan fingerprint density at radius 3 is 2.50 bits per heavy atom. The maximum atomic E-state index is 10.6. The summed E-state index contributed by atoms with van der Waals surface area (Å²) >= 11 is 0. The van der Waals surface area contributed by atoms with Gasteiger partial charge < -0.3 is 5.11 Å². The highest BCUT2D eigenvalue weighted by atomic mass is 16.4. The summed E-state index contributed by atoms with van der Waals surface area (Å²) < 4.78 is 1.70. The van der Waals surface area contributed by atoms with Gasteiger partial charge in [-0.2, -0.15) is 5.10 Å². The lowest BCUT2D eigenvalue weighted by Gasteiger charge is -2.06. The zero-order valence-electron chi connectivity index (χ0n) is 12.0. The molecule has 0 fully saturated rings. The number of carboxylic acids is 1. The third-order valence-corrected chi connectivity index (χ3v) is 3.20. The zero-order valence-corrected chi connectivity index (χ0v) is 12.0. The van der Waals surface area contributed by atoms with E-state index < -0.39 is 5.97 Å². The van der Waals surface area contributed by atoms with E-state index in [-0.39, 0.29) is 6.42 Å². The smallest absolute Gasteiger partial charge is 0.303 e. The predicted octanol–water partition coefficient (Wildman–Crippen LogP) is 2.62. The van der Waals surface area contributed by atoms with Crippen LogP contribution in [-0.4, -0.2) is 25.8 Å². The summed E-state index contributed by atoms with van der Waals surface area (Å²) in [4.78, 5) is 15.0. The molecule has 2 aromatic rings. The number of hydrogen-bond acceptors (Lipinski definition) is 3. The minimum Gasteiger partial charge on any atom is -0.481 e. The highest BCUT2D eigenvalue weighted by Gasteiger charge is 2.11. The molecule has 5 nitrogen and oxygen atoms in total. The van der Waals surface area contributed by atoms with Crippen LogP contribution >= 0.6 is 0 Å². The van der Waals surface area contributed by atoms with Crippen molar-refractivity contribution in [3.63, 3.8) is 0 Å².